The van der Waals surface area contributed by atoms with Gasteiger partial charge < -0.3 is 0 Å². The van der Waals surface area contributed by atoms with Gasteiger partial charge in [-0.3, -0.25) is 14.5 Å². The Labute approximate surface area is 191 Å². The maximum atomic E-state index is 13.6. The van der Waals surface area contributed by atoms with E-state index in [0.29, 0.717) is 17.7 Å². The van der Waals surface area contributed by atoms with Gasteiger partial charge in [-0.15, -0.1) is 11.5 Å². The first kappa shape index (κ1) is 22.3. The average Bonchev–Trinajstić information content (AvgIpc) is 3.52. The van der Waals surface area contributed by atoms with Crippen molar-refractivity contribution in [2.75, 3.05) is 4.90 Å². The Balaban J connectivity index is 1.77. The molecule has 1 amide bonds. The highest BCUT2D eigenvalue weighted by Gasteiger charge is 2.34. The molecule has 1 aromatic heterocycles. The summed E-state index contributed by atoms with van der Waals surface area (Å²) >= 11 is 0. The van der Waals surface area contributed by atoms with Crippen molar-refractivity contribution in [1.29, 1.82) is 0 Å². The Kier molecular flexibility index (Phi) is 6.59. The zero-order valence-corrected chi connectivity index (χ0v) is 18.3. The van der Waals surface area contributed by atoms with E-state index in [1.54, 1.807) is 18.2 Å². The number of rotatable bonds is 7. The van der Waals surface area contributed by atoms with Crippen molar-refractivity contribution in [1.82, 2.24) is 20.2 Å². The molecule has 0 N–H and O–H groups in total. The maximum Gasteiger partial charge on any atom is 0.303 e. The number of tetrazole rings is 1. The van der Waals surface area contributed by atoms with Crippen molar-refractivity contribution in [2.45, 2.75) is 45.1 Å². The fraction of sp³-hybridized carbons (Fsp3) is 0.320. The number of benzene rings is 2. The second kappa shape index (κ2) is 9.74. The lowest BCUT2D eigenvalue weighted by molar-refractivity contribution is -0.124. The smallest absolute Gasteiger partial charge is 0.297 e. The predicted octanol–water partition coefficient (Wildman–Crippen LogP) is 3.97. The van der Waals surface area contributed by atoms with Crippen molar-refractivity contribution in [3.63, 3.8) is 0 Å². The first-order valence-corrected chi connectivity index (χ1v) is 10.9. The topological polar surface area (TPSA) is 81.0 Å². The summed E-state index contributed by atoms with van der Waals surface area (Å²) in [5.74, 6) is 1.27. The lowest BCUT2D eigenvalue weighted by atomic mass is 9.92. The number of ketones is 1. The van der Waals surface area contributed by atoms with E-state index in [0.717, 1.165) is 36.9 Å². The van der Waals surface area contributed by atoms with E-state index >= 15 is 0 Å². The highest BCUT2D eigenvalue weighted by Crippen LogP contribution is 2.35. The van der Waals surface area contributed by atoms with Gasteiger partial charge in [0.15, 0.2) is 5.78 Å². The molecule has 3 aromatic rings. The third kappa shape index (κ3) is 4.82. The van der Waals surface area contributed by atoms with Crippen LogP contribution in [0.3, 0.4) is 0 Å². The zero-order chi connectivity index (χ0) is 23.4. The molecular formula is C25H24FN5O2. The van der Waals surface area contributed by atoms with Crippen molar-refractivity contribution >= 4 is 17.4 Å². The number of hydrogen-bond donors (Lipinski definition) is 0. The molecule has 0 radical (unpaired) electrons. The molecule has 0 bridgehead atoms. The fourth-order valence-corrected chi connectivity index (χ4v) is 4.51. The summed E-state index contributed by atoms with van der Waals surface area (Å²) in [5, 5.41) is 11.2. The number of nitrogens with zero attached hydrogens (tertiary/aromatic N) is 5. The van der Waals surface area contributed by atoms with E-state index in [4.69, 9.17) is 6.42 Å². The molecule has 1 heterocycles. The molecule has 33 heavy (non-hydrogen) atoms. The molecule has 1 atom stereocenters. The molecule has 7 nitrogen and oxygen atoms in total. The first-order chi connectivity index (χ1) is 16.0. The Morgan fingerprint density at radius 3 is 2.55 bits per heavy atom. The van der Waals surface area contributed by atoms with Crippen molar-refractivity contribution in [3.05, 3.63) is 65.7 Å². The summed E-state index contributed by atoms with van der Waals surface area (Å²) in [6.45, 7) is 1.85. The molecule has 2 aromatic carbocycles. The van der Waals surface area contributed by atoms with E-state index in [1.807, 2.05) is 6.92 Å². The molecule has 1 aliphatic rings. The van der Waals surface area contributed by atoms with E-state index in [-0.39, 0.29) is 11.7 Å². The number of halogens is 1. The molecule has 168 valence electrons. The highest BCUT2D eigenvalue weighted by atomic mass is 19.1. The molecule has 4 rings (SSSR count). The van der Waals surface area contributed by atoms with Crippen LogP contribution in [0.2, 0.25) is 0 Å². The molecule has 0 saturated heterocycles. The second-order valence-corrected chi connectivity index (χ2v) is 8.32. The highest BCUT2D eigenvalue weighted by molar-refractivity contribution is 6.10. The first-order valence-electron chi connectivity index (χ1n) is 10.9. The van der Waals surface area contributed by atoms with Gasteiger partial charge in [0.2, 0.25) is 0 Å². The van der Waals surface area contributed by atoms with Gasteiger partial charge in [0.25, 0.3) is 0 Å². The summed E-state index contributed by atoms with van der Waals surface area (Å²) in [5.41, 5.74) is 2.51. The molecule has 1 saturated carbocycles. The minimum Gasteiger partial charge on any atom is -0.297 e. The number of terminal acetylenes is 1. The fourth-order valence-electron chi connectivity index (χ4n) is 4.51. The summed E-state index contributed by atoms with van der Waals surface area (Å²) in [7, 11) is 0. The molecular weight excluding hydrogens is 421 g/mol. The van der Waals surface area contributed by atoms with Gasteiger partial charge in [-0.2, -0.15) is 0 Å². The van der Waals surface area contributed by atoms with Crippen LogP contribution in [0.1, 0.15) is 49.3 Å². The van der Waals surface area contributed by atoms with Gasteiger partial charge in [0.1, 0.15) is 18.2 Å². The summed E-state index contributed by atoms with van der Waals surface area (Å²) in [4.78, 5) is 27.9. The number of carbonyl (C=O) groups excluding carboxylic acids is 2. The lowest BCUT2D eigenvalue weighted by Crippen LogP contribution is -2.39. The van der Waals surface area contributed by atoms with E-state index in [2.05, 4.69) is 21.4 Å². The number of aryl methyl sites for hydroxylation is 1. The predicted molar refractivity (Wildman–Crippen MR) is 121 cm³/mol. The third-order valence-electron chi connectivity index (χ3n) is 6.11. The van der Waals surface area contributed by atoms with Crippen molar-refractivity contribution in [3.8, 4) is 18.0 Å². The van der Waals surface area contributed by atoms with Gasteiger partial charge in [-0.1, -0.05) is 37.8 Å². The maximum absolute atomic E-state index is 13.6. The van der Waals surface area contributed by atoms with Crippen LogP contribution in [-0.4, -0.2) is 31.9 Å². The van der Waals surface area contributed by atoms with Gasteiger partial charge in [-0.05, 0) is 70.6 Å². The van der Waals surface area contributed by atoms with Crippen LogP contribution in [0.4, 0.5) is 10.1 Å². The van der Waals surface area contributed by atoms with Crippen LogP contribution in [0.25, 0.3) is 5.69 Å². The van der Waals surface area contributed by atoms with Crippen LogP contribution in [0, 0.1) is 31.0 Å². The number of aromatic nitrogens is 4. The van der Waals surface area contributed by atoms with E-state index in [9.17, 15) is 14.0 Å². The van der Waals surface area contributed by atoms with Crippen LogP contribution < -0.4 is 4.90 Å². The minimum absolute atomic E-state index is 0.112. The van der Waals surface area contributed by atoms with Gasteiger partial charge in [-0.25, -0.2) is 9.07 Å². The Bertz CT molecular complexity index is 1180. The van der Waals surface area contributed by atoms with Gasteiger partial charge >= 0.3 is 5.91 Å². The van der Waals surface area contributed by atoms with Crippen LogP contribution in [-0.2, 0) is 9.59 Å². The number of anilines is 1. The van der Waals surface area contributed by atoms with E-state index < -0.39 is 17.8 Å². The molecule has 1 aliphatic carbocycles. The molecule has 1 unspecified atom stereocenters. The Morgan fingerprint density at radius 2 is 1.94 bits per heavy atom. The second-order valence-electron chi connectivity index (χ2n) is 8.32. The standard InChI is InChI=1S/C25H24FN5O2/c1-3-24(33)31(21-12-13-22(17(2)14-21)30-16-27-28-29-30)25(19-8-10-20(26)11-9-19)23(32)15-18-6-4-5-7-18/h1,8-14,16,18,25H,4-7,15H2,2H3. The summed E-state index contributed by atoms with van der Waals surface area (Å²) in [6.07, 6.45) is 11.5. The average molecular weight is 445 g/mol. The van der Waals surface area contributed by atoms with Crippen molar-refractivity contribution in [2.24, 2.45) is 5.92 Å². The largest absolute Gasteiger partial charge is 0.303 e. The lowest BCUT2D eigenvalue weighted by Gasteiger charge is -2.31. The van der Waals surface area contributed by atoms with Crippen LogP contribution in [0.15, 0.2) is 48.8 Å². The quantitative estimate of drug-likeness (QED) is 0.514. The SMILES string of the molecule is C#CC(=O)N(c1ccc(-n2cnnn2)c(C)c1)C(C(=O)CC1CCCC1)c1ccc(F)cc1. The molecule has 0 aliphatic heterocycles. The van der Waals surface area contributed by atoms with E-state index in [1.165, 1.54) is 40.2 Å². The third-order valence-corrected chi connectivity index (χ3v) is 6.11. The molecule has 0 spiro atoms. The number of carbonyl (C=O) groups is 2. The molecule has 8 heteroatoms. The van der Waals surface area contributed by atoms with Crippen molar-refractivity contribution < 1.29 is 14.0 Å². The number of hydrogen-bond acceptors (Lipinski definition) is 5. The molecule has 1 fully saturated rings. The Morgan fingerprint density at radius 1 is 1.21 bits per heavy atom. The van der Waals surface area contributed by atoms with Gasteiger partial charge in [0.05, 0.1) is 5.69 Å². The monoisotopic (exact) mass is 445 g/mol. The van der Waals surface area contributed by atoms with Crippen LogP contribution >= 0.6 is 0 Å². The van der Waals surface area contributed by atoms with Gasteiger partial charge in [0, 0.05) is 12.1 Å². The van der Waals surface area contributed by atoms with Crippen LogP contribution in [0.5, 0.6) is 0 Å². The summed E-state index contributed by atoms with van der Waals surface area (Å²) < 4.78 is 15.2. The number of Topliss-reactive ketones (excluding diaryl/α,β-unsaturated/α-hetero) is 1. The minimum atomic E-state index is -0.951. The number of amides is 1. The zero-order valence-electron chi connectivity index (χ0n) is 18.3. The summed E-state index contributed by atoms with van der Waals surface area (Å²) in [6, 6.07) is 9.93. The normalized spacial score (nSPS) is 14.6. The Hall–Kier alpha value is -3.86.